The first-order chi connectivity index (χ1) is 8.77. The second-order valence-corrected chi connectivity index (χ2v) is 6.85. The maximum Gasteiger partial charge on any atom is 0.321 e. The number of carbonyl (C=O) groups is 1. The Balaban J connectivity index is 3.03. The molecule has 0 fully saturated rings. The molecule has 8 heteroatoms. The van der Waals surface area contributed by atoms with Crippen LogP contribution in [0.1, 0.15) is 19.8 Å². The largest absolute Gasteiger partial charge is 0.480 e. The zero-order valence-corrected chi connectivity index (χ0v) is 13.2. The van der Waals surface area contributed by atoms with Crippen LogP contribution in [0.3, 0.4) is 0 Å². The highest BCUT2D eigenvalue weighted by Crippen LogP contribution is 2.25. The van der Waals surface area contributed by atoms with Crippen molar-refractivity contribution < 1.29 is 18.3 Å². The average molecular weight is 371 g/mol. The summed E-state index contributed by atoms with van der Waals surface area (Å²) in [6.07, 6.45) is 0.785. The van der Waals surface area contributed by atoms with Crippen LogP contribution in [0.25, 0.3) is 0 Å². The normalized spacial score (nSPS) is 13.2. The number of hydrogen-bond donors (Lipinski definition) is 2. The van der Waals surface area contributed by atoms with Crippen LogP contribution in [0.2, 0.25) is 5.02 Å². The van der Waals surface area contributed by atoms with Gasteiger partial charge in [-0.25, -0.2) is 8.42 Å². The number of carboxylic acid groups (broad SMARTS) is 1. The first kappa shape index (κ1) is 16.4. The summed E-state index contributed by atoms with van der Waals surface area (Å²) in [6, 6.07) is 2.94. The van der Waals surface area contributed by atoms with E-state index in [9.17, 15) is 13.2 Å². The van der Waals surface area contributed by atoms with Crippen molar-refractivity contribution in [2.24, 2.45) is 0 Å². The SMILES string of the molecule is CCC[C@H](NS(=O)(=O)c1ccc(Cl)c(Br)c1)C(=O)O. The van der Waals surface area contributed by atoms with E-state index in [4.69, 9.17) is 16.7 Å². The highest BCUT2D eigenvalue weighted by Gasteiger charge is 2.24. The molecule has 0 unspecified atom stereocenters. The standard InChI is InChI=1S/C11H13BrClNO4S/c1-2-3-10(11(15)16)14-19(17,18)7-4-5-9(13)8(12)6-7/h4-6,10,14H,2-3H2,1H3,(H,15,16)/t10-/m0/s1. The Morgan fingerprint density at radius 1 is 1.53 bits per heavy atom. The van der Waals surface area contributed by atoms with E-state index in [1.165, 1.54) is 18.2 Å². The lowest BCUT2D eigenvalue weighted by atomic mass is 10.2. The molecule has 0 saturated heterocycles. The van der Waals surface area contributed by atoms with E-state index in [1.54, 1.807) is 6.92 Å². The maximum absolute atomic E-state index is 12.0. The minimum Gasteiger partial charge on any atom is -0.480 e. The highest BCUT2D eigenvalue weighted by atomic mass is 79.9. The molecule has 0 spiro atoms. The number of halogens is 2. The molecular formula is C11H13BrClNO4S. The van der Waals surface area contributed by atoms with Crippen molar-refractivity contribution in [2.75, 3.05) is 0 Å². The molecule has 5 nitrogen and oxygen atoms in total. The third-order valence-electron chi connectivity index (χ3n) is 2.37. The minimum atomic E-state index is -3.89. The Kier molecular flexibility index (Phi) is 5.79. The van der Waals surface area contributed by atoms with E-state index in [0.29, 0.717) is 15.9 Å². The van der Waals surface area contributed by atoms with E-state index in [-0.39, 0.29) is 11.3 Å². The molecule has 0 aliphatic heterocycles. The zero-order chi connectivity index (χ0) is 14.6. The average Bonchev–Trinajstić information content (AvgIpc) is 2.31. The van der Waals surface area contributed by atoms with Crippen LogP contribution in [0.15, 0.2) is 27.6 Å². The fraction of sp³-hybridized carbons (Fsp3) is 0.364. The van der Waals surface area contributed by atoms with E-state index in [1.807, 2.05) is 0 Å². The number of sulfonamides is 1. The molecular weight excluding hydrogens is 358 g/mol. The molecule has 1 atom stereocenters. The lowest BCUT2D eigenvalue weighted by Gasteiger charge is -2.14. The van der Waals surface area contributed by atoms with Crippen molar-refractivity contribution in [3.05, 3.63) is 27.7 Å². The monoisotopic (exact) mass is 369 g/mol. The fourth-order valence-corrected chi connectivity index (χ4v) is 3.32. The summed E-state index contributed by atoms with van der Waals surface area (Å²) < 4.78 is 26.7. The fourth-order valence-electron chi connectivity index (χ4n) is 1.42. The number of benzene rings is 1. The lowest BCUT2D eigenvalue weighted by molar-refractivity contribution is -0.139. The number of aliphatic carboxylic acids is 1. The number of rotatable bonds is 6. The van der Waals surface area contributed by atoms with Crippen molar-refractivity contribution in [2.45, 2.75) is 30.7 Å². The summed E-state index contributed by atoms with van der Waals surface area (Å²) >= 11 is 8.90. The van der Waals surface area contributed by atoms with Gasteiger partial charge in [-0.05, 0) is 40.5 Å². The Labute approximate surface area is 125 Å². The van der Waals surface area contributed by atoms with E-state index < -0.39 is 22.0 Å². The van der Waals surface area contributed by atoms with Gasteiger partial charge >= 0.3 is 5.97 Å². The Bertz CT molecular complexity index is 576. The van der Waals surface area contributed by atoms with Gasteiger partial charge in [0.15, 0.2) is 0 Å². The topological polar surface area (TPSA) is 83.5 Å². The first-order valence-electron chi connectivity index (χ1n) is 5.48. The van der Waals surface area contributed by atoms with Gasteiger partial charge in [0.1, 0.15) is 6.04 Å². The summed E-state index contributed by atoms with van der Waals surface area (Å²) in [5, 5.41) is 9.33. The van der Waals surface area contributed by atoms with Gasteiger partial charge in [0, 0.05) is 4.47 Å². The van der Waals surface area contributed by atoms with Gasteiger partial charge < -0.3 is 5.11 Å². The summed E-state index contributed by atoms with van der Waals surface area (Å²) in [7, 11) is -3.89. The molecule has 0 bridgehead atoms. The summed E-state index contributed by atoms with van der Waals surface area (Å²) in [5.74, 6) is -1.20. The molecule has 2 N–H and O–H groups in total. The van der Waals surface area contributed by atoms with Crippen molar-refractivity contribution >= 4 is 43.5 Å². The molecule has 19 heavy (non-hydrogen) atoms. The molecule has 1 rings (SSSR count). The predicted octanol–water partition coefficient (Wildman–Crippen LogP) is 2.63. The highest BCUT2D eigenvalue weighted by molar-refractivity contribution is 9.10. The molecule has 0 saturated carbocycles. The number of hydrogen-bond acceptors (Lipinski definition) is 3. The number of nitrogens with one attached hydrogen (secondary N) is 1. The second kappa shape index (κ2) is 6.69. The van der Waals surface area contributed by atoms with E-state index >= 15 is 0 Å². The van der Waals surface area contributed by atoms with Gasteiger partial charge in [0.2, 0.25) is 10.0 Å². The predicted molar refractivity (Wildman–Crippen MR) is 75.8 cm³/mol. The molecule has 0 amide bonds. The van der Waals surface area contributed by atoms with Gasteiger partial charge in [-0.15, -0.1) is 0 Å². The molecule has 0 heterocycles. The van der Waals surface area contributed by atoms with Gasteiger partial charge in [-0.3, -0.25) is 4.79 Å². The molecule has 0 aliphatic rings. The Morgan fingerprint density at radius 3 is 2.63 bits per heavy atom. The molecule has 1 aromatic carbocycles. The number of carboxylic acids is 1. The molecule has 0 radical (unpaired) electrons. The molecule has 0 aliphatic carbocycles. The van der Waals surface area contributed by atoms with Crippen molar-refractivity contribution in [3.8, 4) is 0 Å². The summed E-state index contributed by atoms with van der Waals surface area (Å²) in [5.41, 5.74) is 0. The Morgan fingerprint density at radius 2 is 2.16 bits per heavy atom. The molecule has 106 valence electrons. The minimum absolute atomic E-state index is 0.0360. The van der Waals surface area contributed by atoms with Crippen LogP contribution in [0.4, 0.5) is 0 Å². The van der Waals surface area contributed by atoms with Crippen LogP contribution in [-0.2, 0) is 14.8 Å². The maximum atomic E-state index is 12.0. The van der Waals surface area contributed by atoms with Crippen LogP contribution < -0.4 is 4.72 Å². The van der Waals surface area contributed by atoms with Crippen molar-refractivity contribution in [1.29, 1.82) is 0 Å². The second-order valence-electron chi connectivity index (χ2n) is 3.88. The van der Waals surface area contributed by atoms with Gasteiger partial charge in [-0.1, -0.05) is 24.9 Å². The summed E-state index contributed by atoms with van der Waals surface area (Å²) in [6.45, 7) is 1.78. The van der Waals surface area contributed by atoms with Gasteiger partial charge in [0.05, 0.1) is 9.92 Å². The Hall–Kier alpha value is -0.630. The first-order valence-corrected chi connectivity index (χ1v) is 8.13. The quantitative estimate of drug-likeness (QED) is 0.806. The molecule has 0 aromatic heterocycles. The van der Waals surface area contributed by atoms with E-state index in [2.05, 4.69) is 20.7 Å². The van der Waals surface area contributed by atoms with Crippen molar-refractivity contribution in [3.63, 3.8) is 0 Å². The van der Waals surface area contributed by atoms with Crippen LogP contribution in [-0.4, -0.2) is 25.5 Å². The third kappa shape index (κ3) is 4.45. The van der Waals surface area contributed by atoms with Crippen molar-refractivity contribution in [1.82, 2.24) is 4.72 Å². The van der Waals surface area contributed by atoms with Crippen LogP contribution >= 0.6 is 27.5 Å². The van der Waals surface area contributed by atoms with E-state index in [0.717, 1.165) is 0 Å². The van der Waals surface area contributed by atoms with Crippen LogP contribution in [0, 0.1) is 0 Å². The van der Waals surface area contributed by atoms with Crippen LogP contribution in [0.5, 0.6) is 0 Å². The summed E-state index contributed by atoms with van der Waals surface area (Å²) in [4.78, 5) is 10.9. The zero-order valence-electron chi connectivity index (χ0n) is 10.1. The smallest absolute Gasteiger partial charge is 0.321 e. The lowest BCUT2D eigenvalue weighted by Crippen LogP contribution is -2.40. The van der Waals surface area contributed by atoms with Gasteiger partial charge in [0.25, 0.3) is 0 Å². The molecule has 1 aromatic rings. The van der Waals surface area contributed by atoms with Gasteiger partial charge in [-0.2, -0.15) is 4.72 Å². The third-order valence-corrected chi connectivity index (χ3v) is 5.06.